The van der Waals surface area contributed by atoms with Crippen LogP contribution in [0.25, 0.3) is 0 Å². The molecular weight excluding hydrogens is 196 g/mol. The van der Waals surface area contributed by atoms with Gasteiger partial charge in [0.1, 0.15) is 0 Å². The molecule has 1 heterocycles. The molecule has 0 aliphatic carbocycles. The first-order chi connectivity index (χ1) is 7.15. The Morgan fingerprint density at radius 1 is 1.47 bits per heavy atom. The van der Waals surface area contributed by atoms with Gasteiger partial charge in [0.25, 0.3) is 0 Å². The number of aliphatic hydroxyl groups excluding tert-OH is 1. The number of aliphatic hydroxyl groups is 1. The van der Waals surface area contributed by atoms with Gasteiger partial charge in [-0.3, -0.25) is 4.79 Å². The summed E-state index contributed by atoms with van der Waals surface area (Å²) in [7, 11) is 0. The van der Waals surface area contributed by atoms with Crippen LogP contribution in [0.2, 0.25) is 0 Å². The van der Waals surface area contributed by atoms with Crippen molar-refractivity contribution in [1.29, 1.82) is 0 Å². The Labute approximate surface area is 90.4 Å². The van der Waals surface area contributed by atoms with Crippen molar-refractivity contribution in [3.05, 3.63) is 0 Å². The van der Waals surface area contributed by atoms with E-state index in [4.69, 9.17) is 9.84 Å². The summed E-state index contributed by atoms with van der Waals surface area (Å²) >= 11 is 0. The SMILES string of the molecule is CC(CO)NC(C)C(=O)N1CCOCC1. The summed E-state index contributed by atoms with van der Waals surface area (Å²) < 4.78 is 5.18. The minimum Gasteiger partial charge on any atom is -0.395 e. The Kier molecular flexibility index (Phi) is 5.01. The number of morpholine rings is 1. The van der Waals surface area contributed by atoms with Gasteiger partial charge in [-0.15, -0.1) is 0 Å². The van der Waals surface area contributed by atoms with Gasteiger partial charge >= 0.3 is 0 Å². The predicted molar refractivity (Wildman–Crippen MR) is 56.5 cm³/mol. The molecule has 0 radical (unpaired) electrons. The van der Waals surface area contributed by atoms with Crippen molar-refractivity contribution < 1.29 is 14.6 Å². The smallest absolute Gasteiger partial charge is 0.239 e. The second kappa shape index (κ2) is 6.05. The number of hydrogen-bond donors (Lipinski definition) is 2. The molecule has 1 amide bonds. The number of rotatable bonds is 4. The Balaban J connectivity index is 2.37. The third-order valence-corrected chi connectivity index (χ3v) is 2.50. The van der Waals surface area contributed by atoms with Gasteiger partial charge in [0.05, 0.1) is 25.9 Å². The number of carbonyl (C=O) groups is 1. The highest BCUT2D eigenvalue weighted by Gasteiger charge is 2.22. The van der Waals surface area contributed by atoms with Crippen LogP contribution in [-0.4, -0.2) is 60.9 Å². The maximum atomic E-state index is 11.9. The number of carbonyl (C=O) groups excluding carboxylic acids is 1. The molecule has 88 valence electrons. The van der Waals surface area contributed by atoms with Crippen molar-refractivity contribution in [3.63, 3.8) is 0 Å². The minimum atomic E-state index is -0.245. The molecule has 2 atom stereocenters. The Morgan fingerprint density at radius 3 is 2.60 bits per heavy atom. The van der Waals surface area contributed by atoms with Crippen molar-refractivity contribution in [2.75, 3.05) is 32.9 Å². The van der Waals surface area contributed by atoms with Crippen molar-refractivity contribution in [2.45, 2.75) is 25.9 Å². The van der Waals surface area contributed by atoms with Gasteiger partial charge in [-0.25, -0.2) is 0 Å². The maximum Gasteiger partial charge on any atom is 0.239 e. The summed E-state index contributed by atoms with van der Waals surface area (Å²) in [6.07, 6.45) is 0. The van der Waals surface area contributed by atoms with Crippen LogP contribution in [-0.2, 0) is 9.53 Å². The maximum absolute atomic E-state index is 11.9. The predicted octanol–water partition coefficient (Wildman–Crippen LogP) is -0.796. The Bertz CT molecular complexity index is 205. The van der Waals surface area contributed by atoms with Crippen LogP contribution >= 0.6 is 0 Å². The number of nitrogens with one attached hydrogen (secondary N) is 1. The van der Waals surface area contributed by atoms with Gasteiger partial charge in [0, 0.05) is 19.1 Å². The number of hydrogen-bond acceptors (Lipinski definition) is 4. The van der Waals surface area contributed by atoms with E-state index in [0.717, 1.165) is 0 Å². The van der Waals surface area contributed by atoms with Crippen molar-refractivity contribution in [1.82, 2.24) is 10.2 Å². The molecule has 5 nitrogen and oxygen atoms in total. The van der Waals surface area contributed by atoms with Crippen molar-refractivity contribution in [2.24, 2.45) is 0 Å². The zero-order chi connectivity index (χ0) is 11.3. The summed E-state index contributed by atoms with van der Waals surface area (Å²) in [4.78, 5) is 13.7. The van der Waals surface area contributed by atoms with E-state index >= 15 is 0 Å². The van der Waals surface area contributed by atoms with E-state index < -0.39 is 0 Å². The number of ether oxygens (including phenoxy) is 1. The highest BCUT2D eigenvalue weighted by Crippen LogP contribution is 2.01. The van der Waals surface area contributed by atoms with E-state index in [1.807, 2.05) is 13.8 Å². The molecule has 0 aromatic heterocycles. The molecule has 0 aromatic carbocycles. The summed E-state index contributed by atoms with van der Waals surface area (Å²) in [6, 6.07) is -0.296. The lowest BCUT2D eigenvalue weighted by atomic mass is 10.2. The zero-order valence-corrected chi connectivity index (χ0v) is 9.40. The average Bonchev–Trinajstić information content (AvgIpc) is 2.29. The van der Waals surface area contributed by atoms with Crippen LogP contribution in [0.3, 0.4) is 0 Å². The summed E-state index contributed by atoms with van der Waals surface area (Å²) in [5, 5.41) is 11.9. The highest BCUT2D eigenvalue weighted by molar-refractivity contribution is 5.81. The van der Waals surface area contributed by atoms with Crippen LogP contribution in [0.15, 0.2) is 0 Å². The van der Waals surface area contributed by atoms with E-state index in [1.54, 1.807) is 4.90 Å². The first-order valence-corrected chi connectivity index (χ1v) is 5.38. The molecule has 2 N–H and O–H groups in total. The summed E-state index contributed by atoms with van der Waals surface area (Å²) in [6.45, 7) is 6.28. The van der Waals surface area contributed by atoms with Gasteiger partial charge < -0.3 is 20.1 Å². The normalized spacial score (nSPS) is 21.1. The fourth-order valence-corrected chi connectivity index (χ4v) is 1.61. The molecule has 1 saturated heterocycles. The third-order valence-electron chi connectivity index (χ3n) is 2.50. The quantitative estimate of drug-likeness (QED) is 0.646. The van der Waals surface area contributed by atoms with E-state index in [2.05, 4.69) is 5.32 Å². The van der Waals surface area contributed by atoms with Gasteiger partial charge in [-0.05, 0) is 13.8 Å². The standard InChI is InChI=1S/C10H20N2O3/c1-8(7-13)11-9(2)10(14)12-3-5-15-6-4-12/h8-9,11,13H,3-7H2,1-2H3. The summed E-state index contributed by atoms with van der Waals surface area (Å²) in [5.74, 6) is 0.0820. The van der Waals surface area contributed by atoms with Crippen LogP contribution in [0, 0.1) is 0 Å². The highest BCUT2D eigenvalue weighted by atomic mass is 16.5. The van der Waals surface area contributed by atoms with Gasteiger partial charge in [-0.2, -0.15) is 0 Å². The second-order valence-corrected chi connectivity index (χ2v) is 3.91. The molecule has 2 unspecified atom stereocenters. The first-order valence-electron chi connectivity index (χ1n) is 5.38. The van der Waals surface area contributed by atoms with E-state index in [-0.39, 0.29) is 24.6 Å². The van der Waals surface area contributed by atoms with Gasteiger partial charge in [0.2, 0.25) is 5.91 Å². The average molecular weight is 216 g/mol. The molecule has 5 heteroatoms. The second-order valence-electron chi connectivity index (χ2n) is 3.91. The van der Waals surface area contributed by atoms with Crippen LogP contribution in [0.1, 0.15) is 13.8 Å². The van der Waals surface area contributed by atoms with Crippen LogP contribution < -0.4 is 5.32 Å². The molecule has 0 aromatic rings. The monoisotopic (exact) mass is 216 g/mol. The van der Waals surface area contributed by atoms with E-state index in [0.29, 0.717) is 26.3 Å². The minimum absolute atomic E-state index is 0.0424. The van der Waals surface area contributed by atoms with Crippen LogP contribution in [0.4, 0.5) is 0 Å². The molecule has 1 rings (SSSR count). The lowest BCUT2D eigenvalue weighted by Gasteiger charge is -2.30. The van der Waals surface area contributed by atoms with Crippen molar-refractivity contribution >= 4 is 5.91 Å². The fourth-order valence-electron chi connectivity index (χ4n) is 1.61. The molecule has 0 spiro atoms. The number of nitrogens with zero attached hydrogens (tertiary/aromatic N) is 1. The topological polar surface area (TPSA) is 61.8 Å². The molecular formula is C10H20N2O3. The van der Waals surface area contributed by atoms with E-state index in [9.17, 15) is 4.79 Å². The molecule has 1 aliphatic heterocycles. The van der Waals surface area contributed by atoms with Crippen molar-refractivity contribution in [3.8, 4) is 0 Å². The van der Waals surface area contributed by atoms with E-state index in [1.165, 1.54) is 0 Å². The third kappa shape index (κ3) is 3.77. The first kappa shape index (κ1) is 12.4. The van der Waals surface area contributed by atoms with Crippen LogP contribution in [0.5, 0.6) is 0 Å². The lowest BCUT2D eigenvalue weighted by molar-refractivity contribution is -0.137. The Morgan fingerprint density at radius 2 is 2.07 bits per heavy atom. The molecule has 0 saturated carbocycles. The summed E-state index contributed by atoms with van der Waals surface area (Å²) in [5.41, 5.74) is 0. The zero-order valence-electron chi connectivity index (χ0n) is 9.40. The fraction of sp³-hybridized carbons (Fsp3) is 0.900. The molecule has 1 aliphatic rings. The van der Waals surface area contributed by atoms with Gasteiger partial charge in [-0.1, -0.05) is 0 Å². The Hall–Kier alpha value is -0.650. The largest absolute Gasteiger partial charge is 0.395 e. The molecule has 0 bridgehead atoms. The lowest BCUT2D eigenvalue weighted by Crippen LogP contribution is -2.51. The van der Waals surface area contributed by atoms with Gasteiger partial charge in [0.15, 0.2) is 0 Å². The number of amides is 1. The molecule has 1 fully saturated rings. The molecule has 15 heavy (non-hydrogen) atoms.